The Morgan fingerprint density at radius 2 is 2.42 bits per heavy atom. The van der Waals surface area contributed by atoms with Crippen LogP contribution >= 0.6 is 11.6 Å². The average Bonchev–Trinajstić information content (AvgIpc) is 2.79. The largest absolute Gasteiger partial charge is 0.373 e. The molecule has 0 aliphatic heterocycles. The van der Waals surface area contributed by atoms with Crippen molar-refractivity contribution >= 4 is 17.3 Å². The van der Waals surface area contributed by atoms with Gasteiger partial charge in [0.05, 0.1) is 17.8 Å². The lowest BCUT2D eigenvalue weighted by Crippen LogP contribution is -2.25. The van der Waals surface area contributed by atoms with E-state index in [1.54, 1.807) is 13.0 Å². The van der Waals surface area contributed by atoms with Crippen LogP contribution in [0.2, 0.25) is 5.02 Å². The van der Waals surface area contributed by atoms with Gasteiger partial charge in [-0.15, -0.1) is 6.42 Å². The summed E-state index contributed by atoms with van der Waals surface area (Å²) in [6, 6.07) is 1.77. The van der Waals surface area contributed by atoms with Crippen LogP contribution in [-0.2, 0) is 13.1 Å². The van der Waals surface area contributed by atoms with E-state index in [-0.39, 0.29) is 22.8 Å². The number of aryl methyl sites for hydroxylation is 1. The first-order valence-corrected chi connectivity index (χ1v) is 5.84. The van der Waals surface area contributed by atoms with Gasteiger partial charge in [0.1, 0.15) is 23.7 Å². The van der Waals surface area contributed by atoms with Crippen LogP contribution < -0.4 is 10.9 Å². The minimum atomic E-state index is -0.370. The zero-order valence-corrected chi connectivity index (χ0v) is 10.9. The predicted octanol–water partition coefficient (Wildman–Crippen LogP) is 1.44. The molecular formula is C12H11ClN4O2. The van der Waals surface area contributed by atoms with Gasteiger partial charge >= 0.3 is 0 Å². The van der Waals surface area contributed by atoms with E-state index in [0.29, 0.717) is 18.0 Å². The highest BCUT2D eigenvalue weighted by Crippen LogP contribution is 2.16. The summed E-state index contributed by atoms with van der Waals surface area (Å²) >= 11 is 5.94. The van der Waals surface area contributed by atoms with E-state index in [4.69, 9.17) is 22.5 Å². The van der Waals surface area contributed by atoms with E-state index < -0.39 is 0 Å². The summed E-state index contributed by atoms with van der Waals surface area (Å²) in [4.78, 5) is 12.0. The highest BCUT2D eigenvalue weighted by Gasteiger charge is 2.10. The second-order valence-corrected chi connectivity index (χ2v) is 4.22. The summed E-state index contributed by atoms with van der Waals surface area (Å²) in [7, 11) is 0. The van der Waals surface area contributed by atoms with Crippen LogP contribution in [0.1, 0.15) is 11.5 Å². The number of anilines is 1. The summed E-state index contributed by atoms with van der Waals surface area (Å²) in [5, 5.41) is 10.8. The molecule has 0 spiro atoms. The molecule has 0 atom stereocenters. The lowest BCUT2D eigenvalue weighted by Gasteiger charge is -2.07. The summed E-state index contributed by atoms with van der Waals surface area (Å²) < 4.78 is 6.09. The SMILES string of the molecule is C#CCn1ncc(Cl)c(NCc2cc(C)on2)c1=O. The highest BCUT2D eigenvalue weighted by atomic mass is 35.5. The van der Waals surface area contributed by atoms with E-state index in [2.05, 4.69) is 21.5 Å². The topological polar surface area (TPSA) is 73.0 Å². The number of nitrogens with one attached hydrogen (secondary N) is 1. The molecule has 2 rings (SSSR count). The average molecular weight is 279 g/mol. The molecule has 0 fully saturated rings. The van der Waals surface area contributed by atoms with Crippen LogP contribution in [0.3, 0.4) is 0 Å². The molecule has 7 heteroatoms. The van der Waals surface area contributed by atoms with E-state index in [0.717, 1.165) is 4.68 Å². The van der Waals surface area contributed by atoms with Gasteiger partial charge in [-0.25, -0.2) is 4.68 Å². The van der Waals surface area contributed by atoms with Gasteiger partial charge in [0, 0.05) is 6.07 Å². The van der Waals surface area contributed by atoms with Crippen molar-refractivity contribution in [2.75, 3.05) is 5.32 Å². The molecule has 0 aliphatic rings. The Labute approximate surface area is 114 Å². The van der Waals surface area contributed by atoms with Gasteiger partial charge in [0.25, 0.3) is 5.56 Å². The first-order valence-electron chi connectivity index (χ1n) is 5.47. The monoisotopic (exact) mass is 278 g/mol. The van der Waals surface area contributed by atoms with Crippen molar-refractivity contribution in [1.29, 1.82) is 0 Å². The van der Waals surface area contributed by atoms with Crippen molar-refractivity contribution in [3.8, 4) is 12.3 Å². The van der Waals surface area contributed by atoms with Crippen LogP contribution in [0.15, 0.2) is 21.6 Å². The van der Waals surface area contributed by atoms with Gasteiger partial charge < -0.3 is 9.84 Å². The molecule has 2 aromatic heterocycles. The zero-order valence-electron chi connectivity index (χ0n) is 10.2. The number of hydrogen-bond acceptors (Lipinski definition) is 5. The Morgan fingerprint density at radius 1 is 1.63 bits per heavy atom. The first kappa shape index (κ1) is 13.2. The Bertz CT molecular complexity index is 684. The molecule has 0 aromatic carbocycles. The van der Waals surface area contributed by atoms with Crippen molar-refractivity contribution in [3.05, 3.63) is 39.1 Å². The predicted molar refractivity (Wildman–Crippen MR) is 70.9 cm³/mol. The minimum Gasteiger partial charge on any atom is -0.373 e. The molecule has 0 radical (unpaired) electrons. The fourth-order valence-corrected chi connectivity index (χ4v) is 1.70. The molecular weight excluding hydrogens is 268 g/mol. The minimum absolute atomic E-state index is 0.0910. The second kappa shape index (κ2) is 5.59. The molecule has 6 nitrogen and oxygen atoms in total. The molecule has 2 aromatic rings. The van der Waals surface area contributed by atoms with E-state index in [1.807, 2.05) is 0 Å². The quantitative estimate of drug-likeness (QED) is 0.857. The molecule has 0 saturated carbocycles. The number of nitrogens with zero attached hydrogens (tertiary/aromatic N) is 3. The Kier molecular flexibility index (Phi) is 3.88. The van der Waals surface area contributed by atoms with Gasteiger partial charge in [-0.2, -0.15) is 5.10 Å². The highest BCUT2D eigenvalue weighted by molar-refractivity contribution is 6.32. The normalized spacial score (nSPS) is 10.2. The third-order valence-corrected chi connectivity index (χ3v) is 2.65. The van der Waals surface area contributed by atoms with Gasteiger partial charge in [0.2, 0.25) is 0 Å². The molecule has 19 heavy (non-hydrogen) atoms. The lowest BCUT2D eigenvalue weighted by molar-refractivity contribution is 0.391. The number of terminal acetylenes is 1. The van der Waals surface area contributed by atoms with Crippen LogP contribution in [0.25, 0.3) is 0 Å². The van der Waals surface area contributed by atoms with Crippen LogP contribution in [-0.4, -0.2) is 14.9 Å². The third-order valence-electron chi connectivity index (χ3n) is 2.36. The summed E-state index contributed by atoms with van der Waals surface area (Å²) in [5.74, 6) is 3.05. The zero-order chi connectivity index (χ0) is 13.8. The molecule has 2 heterocycles. The Hall–Kier alpha value is -2.26. The molecule has 98 valence electrons. The number of rotatable bonds is 4. The number of halogens is 1. The maximum atomic E-state index is 12.0. The molecule has 0 saturated heterocycles. The van der Waals surface area contributed by atoms with Crippen LogP contribution in [0, 0.1) is 19.3 Å². The van der Waals surface area contributed by atoms with Crippen LogP contribution in [0.5, 0.6) is 0 Å². The van der Waals surface area contributed by atoms with Crippen molar-refractivity contribution < 1.29 is 4.52 Å². The van der Waals surface area contributed by atoms with E-state index >= 15 is 0 Å². The Morgan fingerprint density at radius 3 is 3.05 bits per heavy atom. The summed E-state index contributed by atoms with van der Waals surface area (Å²) in [5.41, 5.74) is 0.548. The molecule has 1 N–H and O–H groups in total. The molecule has 0 aliphatic carbocycles. The maximum absolute atomic E-state index is 12.0. The maximum Gasteiger partial charge on any atom is 0.292 e. The second-order valence-electron chi connectivity index (χ2n) is 3.82. The lowest BCUT2D eigenvalue weighted by atomic mass is 10.3. The summed E-state index contributed by atoms with van der Waals surface area (Å²) in [6.07, 6.45) is 6.53. The molecule has 0 bridgehead atoms. The van der Waals surface area contributed by atoms with Gasteiger partial charge in [-0.1, -0.05) is 22.7 Å². The van der Waals surface area contributed by atoms with Crippen molar-refractivity contribution in [2.45, 2.75) is 20.0 Å². The number of hydrogen-bond donors (Lipinski definition) is 1. The van der Waals surface area contributed by atoms with E-state index in [9.17, 15) is 4.79 Å². The van der Waals surface area contributed by atoms with Gasteiger partial charge in [-0.05, 0) is 6.92 Å². The number of aromatic nitrogens is 3. The molecule has 0 unspecified atom stereocenters. The van der Waals surface area contributed by atoms with Crippen molar-refractivity contribution in [3.63, 3.8) is 0 Å². The fraction of sp³-hybridized carbons (Fsp3) is 0.250. The van der Waals surface area contributed by atoms with Crippen LogP contribution in [0.4, 0.5) is 5.69 Å². The van der Waals surface area contributed by atoms with Gasteiger partial charge in [-0.3, -0.25) is 4.79 Å². The summed E-state index contributed by atoms with van der Waals surface area (Å²) in [6.45, 7) is 2.20. The third kappa shape index (κ3) is 2.95. The van der Waals surface area contributed by atoms with Crippen molar-refractivity contribution in [1.82, 2.24) is 14.9 Å². The standard InChI is InChI=1S/C12H11ClN4O2/c1-3-4-17-12(18)11(10(13)7-15-17)14-6-9-5-8(2)19-16-9/h1,5,7,14H,4,6H2,2H3. The Balaban J connectivity index is 2.22. The van der Waals surface area contributed by atoms with E-state index in [1.165, 1.54) is 6.20 Å². The first-order chi connectivity index (χ1) is 9.11. The molecule has 0 amide bonds. The van der Waals surface area contributed by atoms with Crippen molar-refractivity contribution in [2.24, 2.45) is 0 Å². The van der Waals surface area contributed by atoms with Gasteiger partial charge in [0.15, 0.2) is 0 Å². The smallest absolute Gasteiger partial charge is 0.292 e. The fourth-order valence-electron chi connectivity index (χ4n) is 1.51.